The second-order valence-corrected chi connectivity index (χ2v) is 11.7. The van der Waals surface area contributed by atoms with E-state index in [0.717, 1.165) is 37.9 Å². The standard InChI is InChI=1S/C30H33FN8O6S/c1-2-35-17-23(29(41)42)28(40)22-15-24(31)26(16-25(22)35)37-13-9-34(10-14-37)19-38-30(46)45-27(32-38)18-33-7-11-36(12-8-33)20-3-5-21(6-4-20)39(43)44/h3-6,15-17H,2,7-14,18-19H2,1H3,(H,41,42). The van der Waals surface area contributed by atoms with E-state index in [1.807, 2.05) is 11.8 Å². The largest absolute Gasteiger partial charge is 0.477 e. The lowest BCUT2D eigenvalue weighted by Crippen LogP contribution is -2.47. The molecule has 2 fully saturated rings. The predicted molar refractivity (Wildman–Crippen MR) is 170 cm³/mol. The topological polar surface area (TPSA) is 146 Å². The van der Waals surface area contributed by atoms with Crippen LogP contribution >= 0.6 is 12.2 Å². The smallest absolute Gasteiger partial charge is 0.341 e. The first kappa shape index (κ1) is 31.3. The number of anilines is 2. The van der Waals surface area contributed by atoms with Crippen molar-refractivity contribution >= 4 is 46.2 Å². The Morgan fingerprint density at radius 1 is 1.04 bits per heavy atom. The number of halogens is 1. The fourth-order valence-corrected chi connectivity index (χ4v) is 6.21. The molecule has 2 aliphatic heterocycles. The lowest BCUT2D eigenvalue weighted by Gasteiger charge is -2.36. The molecule has 2 aliphatic rings. The molecule has 0 radical (unpaired) electrons. The number of aryl methyl sites for hydroxylation is 1. The zero-order chi connectivity index (χ0) is 32.5. The average molecular weight is 653 g/mol. The Balaban J connectivity index is 1.05. The molecule has 0 amide bonds. The minimum Gasteiger partial charge on any atom is -0.477 e. The van der Waals surface area contributed by atoms with Gasteiger partial charge in [-0.1, -0.05) is 0 Å². The number of rotatable bonds is 9. The van der Waals surface area contributed by atoms with Crippen molar-refractivity contribution < 1.29 is 23.6 Å². The second-order valence-electron chi connectivity index (χ2n) is 11.3. The summed E-state index contributed by atoms with van der Waals surface area (Å²) in [4.78, 5) is 43.5. The molecule has 46 heavy (non-hydrogen) atoms. The number of non-ortho nitro benzene ring substituents is 1. The van der Waals surface area contributed by atoms with Crippen molar-refractivity contribution in [2.24, 2.45) is 0 Å². The van der Waals surface area contributed by atoms with Gasteiger partial charge in [0.15, 0.2) is 0 Å². The number of nitro groups is 1. The molecule has 2 aromatic carbocycles. The number of carboxylic acids is 1. The van der Waals surface area contributed by atoms with E-state index < -0.39 is 22.1 Å². The number of fused-ring (bicyclic) bond motifs is 1. The first-order chi connectivity index (χ1) is 22.1. The Morgan fingerprint density at radius 2 is 1.70 bits per heavy atom. The van der Waals surface area contributed by atoms with Gasteiger partial charge in [-0.3, -0.25) is 24.7 Å². The van der Waals surface area contributed by atoms with E-state index in [9.17, 15) is 24.8 Å². The lowest BCUT2D eigenvalue weighted by atomic mass is 10.1. The van der Waals surface area contributed by atoms with Gasteiger partial charge in [0.25, 0.3) is 10.5 Å². The van der Waals surface area contributed by atoms with Crippen LogP contribution in [0, 0.1) is 20.8 Å². The lowest BCUT2D eigenvalue weighted by molar-refractivity contribution is -0.384. The van der Waals surface area contributed by atoms with Gasteiger partial charge in [0, 0.05) is 88.3 Å². The van der Waals surface area contributed by atoms with Crippen LogP contribution < -0.4 is 15.2 Å². The van der Waals surface area contributed by atoms with E-state index in [1.54, 1.807) is 27.4 Å². The molecule has 242 valence electrons. The highest BCUT2D eigenvalue weighted by Crippen LogP contribution is 2.27. The molecule has 14 nitrogen and oxygen atoms in total. The van der Waals surface area contributed by atoms with Crippen molar-refractivity contribution in [3.63, 3.8) is 0 Å². The van der Waals surface area contributed by atoms with Crippen molar-refractivity contribution in [1.29, 1.82) is 0 Å². The monoisotopic (exact) mass is 652 g/mol. The summed E-state index contributed by atoms with van der Waals surface area (Å²) in [5, 5.41) is 25.0. The first-order valence-electron chi connectivity index (χ1n) is 15.0. The van der Waals surface area contributed by atoms with Gasteiger partial charge in [0.2, 0.25) is 11.3 Å². The van der Waals surface area contributed by atoms with Gasteiger partial charge in [-0.2, -0.15) is 0 Å². The summed E-state index contributed by atoms with van der Waals surface area (Å²) >= 11 is 5.45. The van der Waals surface area contributed by atoms with Gasteiger partial charge in [0.05, 0.1) is 29.3 Å². The maximum atomic E-state index is 15.3. The first-order valence-corrected chi connectivity index (χ1v) is 15.4. The third kappa shape index (κ3) is 6.36. The van der Waals surface area contributed by atoms with Crippen LogP contribution in [0.25, 0.3) is 10.9 Å². The molecule has 1 N–H and O–H groups in total. The van der Waals surface area contributed by atoms with Crippen LogP contribution in [0.3, 0.4) is 0 Å². The normalized spacial score (nSPS) is 16.3. The van der Waals surface area contributed by atoms with Crippen molar-refractivity contribution in [1.82, 2.24) is 24.1 Å². The molecule has 2 saturated heterocycles. The molecule has 0 spiro atoms. The van der Waals surface area contributed by atoms with Gasteiger partial charge in [-0.15, -0.1) is 5.10 Å². The predicted octanol–water partition coefficient (Wildman–Crippen LogP) is 3.39. The number of hydrogen-bond donors (Lipinski definition) is 1. The number of pyridine rings is 1. The van der Waals surface area contributed by atoms with Gasteiger partial charge >= 0.3 is 5.97 Å². The number of carbonyl (C=O) groups is 1. The van der Waals surface area contributed by atoms with Crippen molar-refractivity contribution in [2.75, 3.05) is 62.2 Å². The zero-order valence-corrected chi connectivity index (χ0v) is 26.0. The quantitative estimate of drug-likeness (QED) is 0.161. The molecular weight excluding hydrogens is 619 g/mol. The average Bonchev–Trinajstić information content (AvgIpc) is 3.39. The Morgan fingerprint density at radius 3 is 2.33 bits per heavy atom. The Bertz CT molecular complexity index is 1890. The second kappa shape index (κ2) is 13.0. The molecule has 4 aromatic rings. The molecule has 4 heterocycles. The molecule has 6 rings (SSSR count). The van der Waals surface area contributed by atoms with E-state index in [4.69, 9.17) is 16.6 Å². The van der Waals surface area contributed by atoms with E-state index in [2.05, 4.69) is 19.8 Å². The van der Waals surface area contributed by atoms with Crippen molar-refractivity contribution in [3.8, 4) is 0 Å². The van der Waals surface area contributed by atoms with Crippen LogP contribution in [0.4, 0.5) is 21.5 Å². The van der Waals surface area contributed by atoms with Crippen LogP contribution in [0.15, 0.2) is 51.8 Å². The molecular formula is C30H33FN8O6S. The van der Waals surface area contributed by atoms with Crippen LogP contribution in [0.5, 0.6) is 0 Å². The molecule has 0 aliphatic carbocycles. The van der Waals surface area contributed by atoms with Crippen molar-refractivity contribution in [3.05, 3.63) is 85.0 Å². The molecule has 0 atom stereocenters. The number of nitro benzene ring substituents is 1. The Hall–Kier alpha value is -4.67. The molecule has 0 bridgehead atoms. The molecule has 2 aromatic heterocycles. The Labute approximate surface area is 267 Å². The third-order valence-corrected chi connectivity index (χ3v) is 8.87. The number of hydrogen-bond acceptors (Lipinski definition) is 11. The number of aromatic nitrogens is 3. The van der Waals surface area contributed by atoms with E-state index >= 15 is 4.39 Å². The summed E-state index contributed by atoms with van der Waals surface area (Å²) in [5.41, 5.74) is 0.800. The summed E-state index contributed by atoms with van der Waals surface area (Å²) in [6.07, 6.45) is 1.31. The van der Waals surface area contributed by atoms with Crippen LogP contribution in [-0.2, 0) is 19.8 Å². The number of carboxylic acid groups (broad SMARTS) is 1. The zero-order valence-electron chi connectivity index (χ0n) is 25.2. The number of benzene rings is 2. The molecule has 16 heteroatoms. The fraction of sp³-hybridized carbons (Fsp3) is 0.400. The van der Waals surface area contributed by atoms with Gasteiger partial charge < -0.3 is 23.9 Å². The van der Waals surface area contributed by atoms with Gasteiger partial charge in [0.1, 0.15) is 11.4 Å². The third-order valence-electron chi connectivity index (χ3n) is 8.57. The van der Waals surface area contributed by atoms with Crippen molar-refractivity contribution in [2.45, 2.75) is 26.7 Å². The Kier molecular flexibility index (Phi) is 8.84. The van der Waals surface area contributed by atoms with Crippen LogP contribution in [0.1, 0.15) is 23.2 Å². The van der Waals surface area contributed by atoms with Gasteiger partial charge in [-0.25, -0.2) is 13.9 Å². The van der Waals surface area contributed by atoms with Crippen LogP contribution in [-0.4, -0.2) is 92.5 Å². The SMILES string of the molecule is CCn1cc(C(=O)O)c(=O)c2cc(F)c(N3CCN(Cn4nc(CN5CCN(c6ccc([N+](=O)[O-])cc6)CC5)oc4=S)CC3)cc21. The van der Waals surface area contributed by atoms with Gasteiger partial charge in [-0.05, 0) is 43.4 Å². The highest BCUT2D eigenvalue weighted by atomic mass is 32.1. The summed E-state index contributed by atoms with van der Waals surface area (Å²) in [6.45, 7) is 8.57. The summed E-state index contributed by atoms with van der Waals surface area (Å²) in [7, 11) is 0. The number of nitrogens with zero attached hydrogens (tertiary/aromatic N) is 8. The summed E-state index contributed by atoms with van der Waals surface area (Å²) in [6, 6.07) is 9.35. The number of piperazine rings is 2. The maximum absolute atomic E-state index is 15.3. The van der Waals surface area contributed by atoms with Crippen LogP contribution in [0.2, 0.25) is 0 Å². The maximum Gasteiger partial charge on any atom is 0.341 e. The van der Waals surface area contributed by atoms with E-state index in [1.165, 1.54) is 18.3 Å². The highest BCUT2D eigenvalue weighted by molar-refractivity contribution is 7.71. The molecule has 0 saturated carbocycles. The summed E-state index contributed by atoms with van der Waals surface area (Å²) in [5.74, 6) is -1.38. The van der Waals surface area contributed by atoms with E-state index in [-0.39, 0.29) is 21.5 Å². The highest BCUT2D eigenvalue weighted by Gasteiger charge is 2.24. The minimum atomic E-state index is -1.34. The fourth-order valence-electron chi connectivity index (χ4n) is 6.02. The van der Waals surface area contributed by atoms with E-state index in [0.29, 0.717) is 63.0 Å². The molecule has 0 unspecified atom stereocenters. The summed E-state index contributed by atoms with van der Waals surface area (Å²) < 4.78 is 24.4. The number of aromatic carboxylic acids is 1. The minimum absolute atomic E-state index is 0.0456.